The molecule has 0 unspecified atom stereocenters. The summed E-state index contributed by atoms with van der Waals surface area (Å²) in [5, 5.41) is 8.81. The number of aliphatic hydroxyl groups is 1. The predicted octanol–water partition coefficient (Wildman–Crippen LogP) is 3.83. The van der Waals surface area contributed by atoms with E-state index in [0.29, 0.717) is 6.61 Å². The van der Waals surface area contributed by atoms with Gasteiger partial charge in [-0.15, -0.1) is 0 Å². The molecule has 0 atom stereocenters. The summed E-state index contributed by atoms with van der Waals surface area (Å²) >= 11 is 0. The third kappa shape index (κ3) is 14.6. The van der Waals surface area contributed by atoms with Gasteiger partial charge in [0.15, 0.2) is 0 Å². The van der Waals surface area contributed by atoms with E-state index in [0.717, 1.165) is 12.8 Å². The van der Waals surface area contributed by atoms with E-state index in [1.54, 1.807) is 0 Å². The molecule has 0 aromatic heterocycles. The van der Waals surface area contributed by atoms with E-state index < -0.39 is 0 Å². The zero-order valence-corrected chi connectivity index (χ0v) is 14.8. The fraction of sp³-hybridized carbons (Fsp3) is 1.00. The SMILES string of the molecule is CCCCCCCN(CCCC)CCCCO.[Ir]. The Balaban J connectivity index is 0. The van der Waals surface area contributed by atoms with Crippen molar-refractivity contribution >= 4 is 0 Å². The van der Waals surface area contributed by atoms with Crippen LogP contribution in [0.1, 0.15) is 71.6 Å². The molecule has 1 radical (unpaired) electrons. The van der Waals surface area contributed by atoms with Gasteiger partial charge in [0.1, 0.15) is 0 Å². The van der Waals surface area contributed by atoms with E-state index in [-0.39, 0.29) is 20.1 Å². The van der Waals surface area contributed by atoms with Crippen molar-refractivity contribution < 1.29 is 25.2 Å². The van der Waals surface area contributed by atoms with Gasteiger partial charge in [-0.2, -0.15) is 0 Å². The first-order chi connectivity index (χ1) is 8.35. The normalized spacial score (nSPS) is 10.7. The summed E-state index contributed by atoms with van der Waals surface area (Å²) in [5.41, 5.74) is 0. The zero-order chi connectivity index (χ0) is 12.8. The number of nitrogens with zero attached hydrogens (tertiary/aromatic N) is 1. The van der Waals surface area contributed by atoms with Gasteiger partial charge in [-0.3, -0.25) is 0 Å². The molecule has 3 heteroatoms. The first kappa shape index (κ1) is 20.9. The largest absolute Gasteiger partial charge is 0.396 e. The first-order valence-electron chi connectivity index (χ1n) is 7.68. The van der Waals surface area contributed by atoms with E-state index in [1.807, 2.05) is 0 Å². The number of rotatable bonds is 13. The van der Waals surface area contributed by atoms with Gasteiger partial charge in [0.25, 0.3) is 0 Å². The molecule has 0 saturated carbocycles. The van der Waals surface area contributed by atoms with E-state index in [9.17, 15) is 0 Å². The Bertz CT molecular complexity index is 144. The van der Waals surface area contributed by atoms with E-state index in [2.05, 4.69) is 18.7 Å². The van der Waals surface area contributed by atoms with Crippen LogP contribution in [0.4, 0.5) is 0 Å². The second-order valence-corrected chi connectivity index (χ2v) is 5.04. The van der Waals surface area contributed by atoms with E-state index in [4.69, 9.17) is 5.11 Å². The Kier molecular flexibility index (Phi) is 20.4. The average molecular weight is 436 g/mol. The molecular weight excluding hydrogens is 402 g/mol. The Labute approximate surface area is 128 Å². The van der Waals surface area contributed by atoms with Gasteiger partial charge in [0.2, 0.25) is 0 Å². The van der Waals surface area contributed by atoms with Gasteiger partial charge >= 0.3 is 0 Å². The molecule has 0 aromatic rings. The van der Waals surface area contributed by atoms with Crippen LogP contribution in [-0.2, 0) is 20.1 Å². The molecule has 113 valence electrons. The van der Waals surface area contributed by atoms with Crippen LogP contribution < -0.4 is 0 Å². The Hall–Kier alpha value is 0.569. The smallest absolute Gasteiger partial charge is 0.0431 e. The molecule has 0 heterocycles. The van der Waals surface area contributed by atoms with E-state index in [1.165, 1.54) is 64.6 Å². The van der Waals surface area contributed by atoms with Gasteiger partial charge in [-0.1, -0.05) is 46.0 Å². The maximum Gasteiger partial charge on any atom is 0.0431 e. The Morgan fingerprint density at radius 2 is 1.17 bits per heavy atom. The molecule has 0 aliphatic carbocycles. The summed E-state index contributed by atoms with van der Waals surface area (Å²) in [7, 11) is 0. The average Bonchev–Trinajstić information content (AvgIpc) is 2.35. The molecule has 0 saturated heterocycles. The second-order valence-electron chi connectivity index (χ2n) is 5.04. The van der Waals surface area contributed by atoms with Crippen LogP contribution in [0.5, 0.6) is 0 Å². The zero-order valence-electron chi connectivity index (χ0n) is 12.4. The van der Waals surface area contributed by atoms with Crippen molar-refractivity contribution in [3.8, 4) is 0 Å². The van der Waals surface area contributed by atoms with E-state index >= 15 is 0 Å². The molecule has 0 aromatic carbocycles. The molecular formula is C15H33IrNO. The number of unbranched alkanes of at least 4 members (excludes halogenated alkanes) is 6. The molecule has 0 fully saturated rings. The summed E-state index contributed by atoms with van der Waals surface area (Å²) in [6, 6.07) is 0. The third-order valence-corrected chi connectivity index (χ3v) is 3.29. The number of aliphatic hydroxyl groups excluding tert-OH is 1. The van der Waals surface area contributed by atoms with Gasteiger partial charge in [0.05, 0.1) is 0 Å². The van der Waals surface area contributed by atoms with Crippen molar-refractivity contribution in [1.82, 2.24) is 4.90 Å². The summed E-state index contributed by atoms with van der Waals surface area (Å²) in [4.78, 5) is 2.59. The summed E-state index contributed by atoms with van der Waals surface area (Å²) in [6.45, 7) is 8.55. The minimum absolute atomic E-state index is 0. The topological polar surface area (TPSA) is 23.5 Å². The Morgan fingerprint density at radius 1 is 0.667 bits per heavy atom. The maximum atomic E-state index is 8.81. The van der Waals surface area contributed by atoms with Crippen molar-refractivity contribution in [3.05, 3.63) is 0 Å². The molecule has 0 aliphatic heterocycles. The van der Waals surface area contributed by atoms with Crippen molar-refractivity contribution in [1.29, 1.82) is 0 Å². The molecule has 2 nitrogen and oxygen atoms in total. The fourth-order valence-electron chi connectivity index (χ4n) is 2.10. The molecule has 0 bridgehead atoms. The third-order valence-electron chi connectivity index (χ3n) is 3.29. The number of hydrogen-bond acceptors (Lipinski definition) is 2. The fourth-order valence-corrected chi connectivity index (χ4v) is 2.10. The van der Waals surface area contributed by atoms with Crippen LogP contribution >= 0.6 is 0 Å². The van der Waals surface area contributed by atoms with Crippen LogP contribution in [0, 0.1) is 0 Å². The summed E-state index contributed by atoms with van der Waals surface area (Å²) < 4.78 is 0. The standard InChI is InChI=1S/C15H33NO.Ir/c1-3-5-7-8-9-13-16(12-6-4-2)14-10-11-15-17;/h17H,3-15H2,1-2H3;. The van der Waals surface area contributed by atoms with Crippen LogP contribution in [0.2, 0.25) is 0 Å². The Morgan fingerprint density at radius 3 is 1.72 bits per heavy atom. The monoisotopic (exact) mass is 436 g/mol. The minimum atomic E-state index is 0. The first-order valence-corrected chi connectivity index (χ1v) is 7.68. The quantitative estimate of drug-likeness (QED) is 0.445. The molecule has 0 rings (SSSR count). The molecule has 0 spiro atoms. The van der Waals surface area contributed by atoms with Crippen LogP contribution in [0.15, 0.2) is 0 Å². The molecule has 18 heavy (non-hydrogen) atoms. The van der Waals surface area contributed by atoms with Gasteiger partial charge in [-0.25, -0.2) is 0 Å². The second kappa shape index (κ2) is 17.6. The minimum Gasteiger partial charge on any atom is -0.396 e. The van der Waals surface area contributed by atoms with Gasteiger partial charge in [0, 0.05) is 26.7 Å². The van der Waals surface area contributed by atoms with Crippen molar-refractivity contribution in [2.75, 3.05) is 26.2 Å². The maximum absolute atomic E-state index is 8.81. The van der Waals surface area contributed by atoms with Crippen molar-refractivity contribution in [2.24, 2.45) is 0 Å². The van der Waals surface area contributed by atoms with Crippen LogP contribution in [0.3, 0.4) is 0 Å². The van der Waals surface area contributed by atoms with Crippen molar-refractivity contribution in [3.63, 3.8) is 0 Å². The number of hydrogen-bond donors (Lipinski definition) is 1. The predicted molar refractivity (Wildman–Crippen MR) is 76.4 cm³/mol. The van der Waals surface area contributed by atoms with Crippen molar-refractivity contribution in [2.45, 2.75) is 71.6 Å². The molecule has 0 amide bonds. The molecule has 0 aliphatic rings. The van der Waals surface area contributed by atoms with Gasteiger partial charge in [-0.05, 0) is 45.3 Å². The van der Waals surface area contributed by atoms with Crippen LogP contribution in [0.25, 0.3) is 0 Å². The summed E-state index contributed by atoms with van der Waals surface area (Å²) in [6.07, 6.45) is 11.6. The van der Waals surface area contributed by atoms with Gasteiger partial charge < -0.3 is 10.0 Å². The summed E-state index contributed by atoms with van der Waals surface area (Å²) in [5.74, 6) is 0. The molecule has 1 N–H and O–H groups in total. The van der Waals surface area contributed by atoms with Crippen LogP contribution in [-0.4, -0.2) is 36.2 Å².